The normalized spacial score (nSPS) is 16.1. The van der Waals surface area contributed by atoms with E-state index >= 15 is 0 Å². The number of ether oxygens (including phenoxy) is 1. The second-order valence-corrected chi connectivity index (χ2v) is 10.3. The molecule has 1 saturated carbocycles. The van der Waals surface area contributed by atoms with Gasteiger partial charge in [0.05, 0.1) is 23.5 Å². The molecule has 0 radical (unpaired) electrons. The topological polar surface area (TPSA) is 108 Å². The molecule has 2 aliphatic rings. The molecule has 0 saturated heterocycles. The van der Waals surface area contributed by atoms with Crippen LogP contribution in [-0.2, 0) is 5.54 Å². The first kappa shape index (κ1) is 22.7. The molecule has 38 heavy (non-hydrogen) atoms. The minimum Gasteiger partial charge on any atom is -0.490 e. The molecule has 0 atom stereocenters. The fourth-order valence-corrected chi connectivity index (χ4v) is 5.46. The first-order valence-electron chi connectivity index (χ1n) is 13.0. The van der Waals surface area contributed by atoms with Gasteiger partial charge in [-0.3, -0.25) is 4.57 Å². The molecule has 1 aliphatic carbocycles. The Labute approximate surface area is 220 Å². The van der Waals surface area contributed by atoms with Gasteiger partial charge >= 0.3 is 0 Å². The van der Waals surface area contributed by atoms with Crippen molar-refractivity contribution in [3.63, 3.8) is 0 Å². The van der Waals surface area contributed by atoms with Crippen molar-refractivity contribution in [2.75, 3.05) is 30.8 Å². The standard InChI is InChI=1S/C30H29N7O/c1-36-16-17-38-26-18-19(5-12-25(26)36)23-10-11-24-29(34-23)37(28(35-24)22-4-2-15-33-27(22)31)21-8-6-20(7-9-21)30(32)13-3-14-30/h2,4-12,15,18H,3,13-14,16-17,32H2,1H3,(H2,31,33). The zero-order valence-corrected chi connectivity index (χ0v) is 21.3. The van der Waals surface area contributed by atoms with Crippen LogP contribution < -0.4 is 21.1 Å². The number of fused-ring (bicyclic) bond motifs is 2. The third-order valence-corrected chi connectivity index (χ3v) is 7.88. The first-order chi connectivity index (χ1) is 18.5. The first-order valence-corrected chi connectivity index (χ1v) is 13.0. The summed E-state index contributed by atoms with van der Waals surface area (Å²) in [6.07, 6.45) is 4.89. The van der Waals surface area contributed by atoms with Gasteiger partial charge in [0, 0.05) is 30.0 Å². The van der Waals surface area contributed by atoms with E-state index < -0.39 is 0 Å². The van der Waals surface area contributed by atoms with E-state index in [1.807, 2.05) is 24.3 Å². The quantitative estimate of drug-likeness (QED) is 0.359. The molecule has 4 heterocycles. The van der Waals surface area contributed by atoms with Crippen molar-refractivity contribution in [3.05, 3.63) is 78.5 Å². The molecular formula is C30H29N7O. The molecule has 4 N–H and O–H groups in total. The highest BCUT2D eigenvalue weighted by Gasteiger charge is 2.34. The highest BCUT2D eigenvalue weighted by atomic mass is 16.5. The molecule has 7 rings (SSSR count). The van der Waals surface area contributed by atoms with E-state index in [2.05, 4.69) is 64.0 Å². The van der Waals surface area contributed by atoms with E-state index in [0.29, 0.717) is 18.2 Å². The van der Waals surface area contributed by atoms with Crippen LogP contribution in [0.4, 0.5) is 11.5 Å². The molecule has 8 nitrogen and oxygen atoms in total. The summed E-state index contributed by atoms with van der Waals surface area (Å²) >= 11 is 0. The summed E-state index contributed by atoms with van der Waals surface area (Å²) in [6.45, 7) is 1.54. The number of rotatable bonds is 4. The number of nitrogens with two attached hydrogens (primary N) is 2. The Morgan fingerprint density at radius 1 is 0.974 bits per heavy atom. The van der Waals surface area contributed by atoms with E-state index in [-0.39, 0.29) is 5.54 Å². The monoisotopic (exact) mass is 503 g/mol. The number of aromatic nitrogens is 4. The van der Waals surface area contributed by atoms with Gasteiger partial charge in [-0.25, -0.2) is 15.0 Å². The van der Waals surface area contributed by atoms with Crippen LogP contribution in [0.2, 0.25) is 0 Å². The summed E-state index contributed by atoms with van der Waals surface area (Å²) in [4.78, 5) is 16.6. The second kappa shape index (κ2) is 8.56. The van der Waals surface area contributed by atoms with Crippen molar-refractivity contribution in [1.82, 2.24) is 19.5 Å². The van der Waals surface area contributed by atoms with Crippen molar-refractivity contribution in [2.24, 2.45) is 5.73 Å². The molecular weight excluding hydrogens is 474 g/mol. The summed E-state index contributed by atoms with van der Waals surface area (Å²) in [7, 11) is 2.08. The van der Waals surface area contributed by atoms with Crippen LogP contribution in [0.5, 0.6) is 5.75 Å². The van der Waals surface area contributed by atoms with Crippen molar-refractivity contribution >= 4 is 22.7 Å². The van der Waals surface area contributed by atoms with Crippen LogP contribution in [0.3, 0.4) is 0 Å². The number of anilines is 2. The lowest BCUT2D eigenvalue weighted by molar-refractivity contribution is 0.253. The van der Waals surface area contributed by atoms with Gasteiger partial charge in [0.25, 0.3) is 0 Å². The van der Waals surface area contributed by atoms with E-state index in [1.54, 1.807) is 6.20 Å². The summed E-state index contributed by atoms with van der Waals surface area (Å²) in [6, 6.07) is 22.5. The van der Waals surface area contributed by atoms with Crippen LogP contribution in [0.1, 0.15) is 24.8 Å². The Morgan fingerprint density at radius 3 is 2.58 bits per heavy atom. The highest BCUT2D eigenvalue weighted by Crippen LogP contribution is 2.40. The molecule has 0 amide bonds. The van der Waals surface area contributed by atoms with Gasteiger partial charge in [0.15, 0.2) is 11.5 Å². The predicted octanol–water partition coefficient (Wildman–Crippen LogP) is 4.90. The molecule has 2 aromatic carbocycles. The number of hydrogen-bond donors (Lipinski definition) is 2. The number of nitrogen functional groups attached to an aromatic ring is 1. The molecule has 5 aromatic rings. The van der Waals surface area contributed by atoms with Crippen LogP contribution in [0.15, 0.2) is 72.9 Å². The lowest BCUT2D eigenvalue weighted by atomic mass is 9.73. The number of imidazole rings is 1. The highest BCUT2D eigenvalue weighted by molar-refractivity contribution is 5.85. The van der Waals surface area contributed by atoms with Gasteiger partial charge in [0.2, 0.25) is 0 Å². The van der Waals surface area contributed by atoms with Gasteiger partial charge < -0.3 is 21.1 Å². The van der Waals surface area contributed by atoms with Crippen LogP contribution >= 0.6 is 0 Å². The Morgan fingerprint density at radius 2 is 1.82 bits per heavy atom. The van der Waals surface area contributed by atoms with E-state index in [0.717, 1.165) is 70.1 Å². The lowest BCUT2D eigenvalue weighted by Crippen LogP contribution is -2.43. The van der Waals surface area contributed by atoms with Gasteiger partial charge in [-0.2, -0.15) is 0 Å². The third-order valence-electron chi connectivity index (χ3n) is 7.88. The summed E-state index contributed by atoms with van der Waals surface area (Å²) in [5.74, 6) is 1.99. The maximum absolute atomic E-state index is 6.60. The van der Waals surface area contributed by atoms with Crippen LogP contribution in [0.25, 0.3) is 39.5 Å². The number of likely N-dealkylation sites (N-methyl/N-ethyl adjacent to an activating group) is 1. The number of hydrogen-bond acceptors (Lipinski definition) is 7. The number of pyridine rings is 2. The minimum absolute atomic E-state index is 0.222. The van der Waals surface area contributed by atoms with E-state index in [9.17, 15) is 0 Å². The van der Waals surface area contributed by atoms with Crippen molar-refractivity contribution in [2.45, 2.75) is 24.8 Å². The average Bonchev–Trinajstić information content (AvgIpc) is 3.30. The molecule has 0 unspecified atom stereocenters. The Hall–Kier alpha value is -4.43. The largest absolute Gasteiger partial charge is 0.490 e. The maximum atomic E-state index is 6.60. The molecule has 3 aromatic heterocycles. The lowest BCUT2D eigenvalue weighted by Gasteiger charge is -2.38. The molecule has 0 bridgehead atoms. The van der Waals surface area contributed by atoms with Crippen LogP contribution in [0, 0.1) is 0 Å². The Balaban J connectivity index is 1.39. The van der Waals surface area contributed by atoms with Gasteiger partial charge in [-0.05, 0) is 73.4 Å². The number of benzene rings is 2. The SMILES string of the molecule is CN1CCOc2cc(-c3ccc4nc(-c5cccnc5N)n(-c5ccc(C6(N)CCC6)cc5)c4n3)ccc21. The van der Waals surface area contributed by atoms with Gasteiger partial charge in [-0.15, -0.1) is 0 Å². The van der Waals surface area contributed by atoms with Crippen molar-refractivity contribution in [1.29, 1.82) is 0 Å². The smallest absolute Gasteiger partial charge is 0.165 e. The molecule has 1 fully saturated rings. The molecule has 8 heteroatoms. The Bertz CT molecular complexity index is 1670. The minimum atomic E-state index is -0.222. The molecule has 190 valence electrons. The van der Waals surface area contributed by atoms with Gasteiger partial charge in [0.1, 0.15) is 23.7 Å². The predicted molar refractivity (Wildman–Crippen MR) is 150 cm³/mol. The fourth-order valence-electron chi connectivity index (χ4n) is 5.46. The Kier molecular flexibility index (Phi) is 5.13. The average molecular weight is 504 g/mol. The second-order valence-electron chi connectivity index (χ2n) is 10.3. The van der Waals surface area contributed by atoms with Gasteiger partial charge in [-0.1, -0.05) is 18.2 Å². The summed E-state index contributed by atoms with van der Waals surface area (Å²) < 4.78 is 8.00. The van der Waals surface area contributed by atoms with E-state index in [1.165, 1.54) is 6.42 Å². The summed E-state index contributed by atoms with van der Waals surface area (Å²) in [5, 5.41) is 0. The molecule has 1 aliphatic heterocycles. The third kappa shape index (κ3) is 3.60. The van der Waals surface area contributed by atoms with Crippen molar-refractivity contribution < 1.29 is 4.74 Å². The number of nitrogens with zero attached hydrogens (tertiary/aromatic N) is 5. The van der Waals surface area contributed by atoms with Crippen LogP contribution in [-0.4, -0.2) is 39.7 Å². The van der Waals surface area contributed by atoms with E-state index in [4.69, 9.17) is 26.2 Å². The maximum Gasteiger partial charge on any atom is 0.165 e. The molecule has 0 spiro atoms. The zero-order chi connectivity index (χ0) is 25.9. The van der Waals surface area contributed by atoms with Crippen molar-refractivity contribution in [3.8, 4) is 34.1 Å². The zero-order valence-electron chi connectivity index (χ0n) is 21.3. The summed E-state index contributed by atoms with van der Waals surface area (Å²) in [5.41, 5.74) is 20.0. The fraction of sp³-hybridized carbons (Fsp3) is 0.233.